The molecule has 0 fully saturated rings. The molecule has 0 bridgehead atoms. The number of nitrogens with one attached hydrogen (secondary N) is 2. The Hall–Kier alpha value is -1.90. The van der Waals surface area contributed by atoms with E-state index < -0.39 is 0 Å². The fourth-order valence-electron chi connectivity index (χ4n) is 1.95. The molecule has 0 aliphatic heterocycles. The average molecular weight is 431 g/mol. The van der Waals surface area contributed by atoms with E-state index in [-0.39, 0.29) is 29.7 Å². The van der Waals surface area contributed by atoms with Crippen LogP contribution in [0.5, 0.6) is 11.5 Å². The molecule has 1 aromatic heterocycles. The fraction of sp³-hybridized carbons (Fsp3) is 0.312. The number of rotatable bonds is 6. The van der Waals surface area contributed by atoms with Gasteiger partial charge < -0.3 is 24.9 Å². The summed E-state index contributed by atoms with van der Waals surface area (Å²) in [6.45, 7) is 3.63. The molecule has 3 N–H and O–H groups in total. The summed E-state index contributed by atoms with van der Waals surface area (Å²) in [6, 6.07) is 9.09. The molecule has 7 heteroatoms. The third kappa shape index (κ3) is 5.66. The van der Waals surface area contributed by atoms with Gasteiger partial charge in [-0.3, -0.25) is 0 Å². The van der Waals surface area contributed by atoms with Crippen LogP contribution < -0.4 is 15.4 Å². The molecule has 2 rings (SSSR count). The van der Waals surface area contributed by atoms with Crippen molar-refractivity contribution >= 4 is 29.9 Å². The Morgan fingerprint density at radius 2 is 2.09 bits per heavy atom. The minimum absolute atomic E-state index is 0. The number of furan rings is 1. The van der Waals surface area contributed by atoms with Gasteiger partial charge in [-0.2, -0.15) is 0 Å². The largest absolute Gasteiger partial charge is 0.504 e. The van der Waals surface area contributed by atoms with Crippen LogP contribution in [0.4, 0.5) is 0 Å². The minimum atomic E-state index is 0. The van der Waals surface area contributed by atoms with Gasteiger partial charge in [0.05, 0.1) is 26.5 Å². The first kappa shape index (κ1) is 19.1. The number of phenolic OH excluding ortho intramolecular Hbond substituents is 1. The lowest BCUT2D eigenvalue weighted by molar-refractivity contribution is 0.370. The van der Waals surface area contributed by atoms with E-state index in [1.165, 1.54) is 7.11 Å². The summed E-state index contributed by atoms with van der Waals surface area (Å²) >= 11 is 0. The highest BCUT2D eigenvalue weighted by atomic mass is 127. The predicted molar refractivity (Wildman–Crippen MR) is 100 cm³/mol. The number of hydrogen-bond donors (Lipinski definition) is 3. The highest BCUT2D eigenvalue weighted by molar-refractivity contribution is 14.0. The smallest absolute Gasteiger partial charge is 0.191 e. The van der Waals surface area contributed by atoms with E-state index in [9.17, 15) is 5.11 Å². The second-order valence-corrected chi connectivity index (χ2v) is 4.60. The summed E-state index contributed by atoms with van der Waals surface area (Å²) < 4.78 is 10.4. The number of nitrogens with zero attached hydrogens (tertiary/aromatic N) is 1. The van der Waals surface area contributed by atoms with Crippen molar-refractivity contribution in [3.8, 4) is 11.5 Å². The first-order valence-corrected chi connectivity index (χ1v) is 7.14. The Bertz CT molecular complexity index is 615. The molecule has 1 aromatic carbocycles. The van der Waals surface area contributed by atoms with Crippen molar-refractivity contribution in [2.45, 2.75) is 20.0 Å². The number of aromatic hydroxyl groups is 1. The highest BCUT2D eigenvalue weighted by Gasteiger charge is 2.07. The second kappa shape index (κ2) is 9.98. The van der Waals surface area contributed by atoms with Gasteiger partial charge in [0.2, 0.25) is 0 Å². The average Bonchev–Trinajstić information content (AvgIpc) is 3.04. The van der Waals surface area contributed by atoms with Crippen LogP contribution in [-0.2, 0) is 13.1 Å². The molecule has 0 saturated carbocycles. The van der Waals surface area contributed by atoms with Gasteiger partial charge in [-0.25, -0.2) is 4.99 Å². The van der Waals surface area contributed by atoms with E-state index in [2.05, 4.69) is 15.6 Å². The molecule has 0 aliphatic rings. The lowest BCUT2D eigenvalue weighted by Gasteiger charge is -2.11. The lowest BCUT2D eigenvalue weighted by Crippen LogP contribution is -2.36. The van der Waals surface area contributed by atoms with E-state index in [0.717, 1.165) is 12.3 Å². The van der Waals surface area contributed by atoms with Crippen molar-refractivity contribution in [1.82, 2.24) is 10.6 Å². The summed E-state index contributed by atoms with van der Waals surface area (Å²) in [5.74, 6) is 2.05. The Morgan fingerprint density at radius 1 is 1.26 bits per heavy atom. The normalized spacial score (nSPS) is 10.8. The second-order valence-electron chi connectivity index (χ2n) is 4.60. The van der Waals surface area contributed by atoms with E-state index >= 15 is 0 Å². The molecule has 0 saturated heterocycles. The molecule has 0 atom stereocenters. The zero-order valence-corrected chi connectivity index (χ0v) is 15.5. The summed E-state index contributed by atoms with van der Waals surface area (Å²) in [6.07, 6.45) is 1.63. The summed E-state index contributed by atoms with van der Waals surface area (Å²) in [7, 11) is 1.52. The SMILES string of the molecule is CCNC(=NCc1cccc(OC)c1O)NCc1ccco1.I. The van der Waals surface area contributed by atoms with Crippen LogP contribution in [0.25, 0.3) is 0 Å². The van der Waals surface area contributed by atoms with Gasteiger partial charge >= 0.3 is 0 Å². The van der Waals surface area contributed by atoms with Crippen LogP contribution in [-0.4, -0.2) is 24.7 Å². The fourth-order valence-corrected chi connectivity index (χ4v) is 1.95. The van der Waals surface area contributed by atoms with E-state index in [0.29, 0.717) is 30.4 Å². The molecule has 2 aromatic rings. The maximum atomic E-state index is 10.1. The Balaban J connectivity index is 0.00000264. The van der Waals surface area contributed by atoms with Crippen LogP contribution in [0.3, 0.4) is 0 Å². The number of halogens is 1. The third-order valence-electron chi connectivity index (χ3n) is 3.06. The number of para-hydroxylation sites is 1. The van der Waals surface area contributed by atoms with Gasteiger partial charge in [0.1, 0.15) is 5.76 Å². The number of benzene rings is 1. The maximum absolute atomic E-state index is 10.1. The molecule has 126 valence electrons. The molecule has 1 heterocycles. The van der Waals surface area contributed by atoms with Gasteiger partial charge in [0.15, 0.2) is 17.5 Å². The standard InChI is InChI=1S/C16H21N3O3.HI/c1-3-17-16(19-11-13-7-5-9-22-13)18-10-12-6-4-8-14(21-2)15(12)20;/h4-9,20H,3,10-11H2,1-2H3,(H2,17,18,19);1H. The molecule has 6 nitrogen and oxygen atoms in total. The van der Waals surface area contributed by atoms with Gasteiger partial charge in [0.25, 0.3) is 0 Å². The van der Waals surface area contributed by atoms with Crippen molar-refractivity contribution in [3.63, 3.8) is 0 Å². The molecule has 23 heavy (non-hydrogen) atoms. The number of guanidine groups is 1. The zero-order valence-electron chi connectivity index (χ0n) is 13.2. The number of ether oxygens (including phenoxy) is 1. The number of phenols is 1. The van der Waals surface area contributed by atoms with Crippen molar-refractivity contribution in [2.24, 2.45) is 4.99 Å². The number of aliphatic imine (C=N–C) groups is 1. The first-order chi connectivity index (χ1) is 10.7. The van der Waals surface area contributed by atoms with E-state index in [1.54, 1.807) is 12.3 Å². The van der Waals surface area contributed by atoms with Gasteiger partial charge in [0, 0.05) is 12.1 Å². The van der Waals surface area contributed by atoms with Gasteiger partial charge in [-0.15, -0.1) is 24.0 Å². The van der Waals surface area contributed by atoms with Gasteiger partial charge in [-0.1, -0.05) is 12.1 Å². The van der Waals surface area contributed by atoms with Crippen molar-refractivity contribution in [2.75, 3.05) is 13.7 Å². The predicted octanol–water partition coefficient (Wildman–Crippen LogP) is 2.87. The van der Waals surface area contributed by atoms with Gasteiger partial charge in [-0.05, 0) is 25.1 Å². The number of methoxy groups -OCH3 is 1. The Labute approximate surface area is 153 Å². The van der Waals surface area contributed by atoms with Crippen LogP contribution in [0.15, 0.2) is 46.0 Å². The molecule has 0 amide bonds. The summed E-state index contributed by atoms with van der Waals surface area (Å²) in [5, 5.41) is 16.4. The zero-order chi connectivity index (χ0) is 15.8. The molecule has 0 unspecified atom stereocenters. The molecular weight excluding hydrogens is 409 g/mol. The van der Waals surface area contributed by atoms with E-state index in [4.69, 9.17) is 9.15 Å². The van der Waals surface area contributed by atoms with Crippen LogP contribution >= 0.6 is 24.0 Å². The molecule has 0 aliphatic carbocycles. The van der Waals surface area contributed by atoms with Crippen LogP contribution in [0.2, 0.25) is 0 Å². The van der Waals surface area contributed by atoms with Crippen LogP contribution in [0, 0.1) is 0 Å². The highest BCUT2D eigenvalue weighted by Crippen LogP contribution is 2.29. The monoisotopic (exact) mass is 431 g/mol. The molecule has 0 spiro atoms. The van der Waals surface area contributed by atoms with Crippen molar-refractivity contribution in [1.29, 1.82) is 0 Å². The topological polar surface area (TPSA) is 79.0 Å². The number of hydrogen-bond acceptors (Lipinski definition) is 4. The third-order valence-corrected chi connectivity index (χ3v) is 3.06. The molecule has 0 radical (unpaired) electrons. The van der Waals surface area contributed by atoms with Crippen molar-refractivity contribution < 1.29 is 14.3 Å². The Kier molecular flexibility index (Phi) is 8.31. The summed E-state index contributed by atoms with van der Waals surface area (Å²) in [4.78, 5) is 4.46. The first-order valence-electron chi connectivity index (χ1n) is 7.14. The van der Waals surface area contributed by atoms with Crippen LogP contribution in [0.1, 0.15) is 18.2 Å². The quantitative estimate of drug-likeness (QED) is 0.373. The minimum Gasteiger partial charge on any atom is -0.504 e. The van der Waals surface area contributed by atoms with E-state index in [1.807, 2.05) is 31.2 Å². The Morgan fingerprint density at radius 3 is 2.74 bits per heavy atom. The summed E-state index contributed by atoms with van der Waals surface area (Å²) in [5.41, 5.74) is 0.703. The maximum Gasteiger partial charge on any atom is 0.191 e. The lowest BCUT2D eigenvalue weighted by atomic mass is 10.2. The van der Waals surface area contributed by atoms with Crippen molar-refractivity contribution in [3.05, 3.63) is 47.9 Å². The molecular formula is C16H22IN3O3.